The van der Waals surface area contributed by atoms with Gasteiger partial charge in [-0.25, -0.2) is 10.2 Å². The summed E-state index contributed by atoms with van der Waals surface area (Å²) in [6.07, 6.45) is 1.55. The second-order valence-electron chi connectivity index (χ2n) is 2.74. The summed E-state index contributed by atoms with van der Waals surface area (Å²) >= 11 is 3.35. The zero-order valence-electron chi connectivity index (χ0n) is 7.62. The second kappa shape index (κ2) is 4.76. The number of halogens is 1. The Labute approximate surface area is 90.3 Å². The molecule has 3 N–H and O–H groups in total. The van der Waals surface area contributed by atoms with Crippen LogP contribution in [0.1, 0.15) is 11.1 Å². The summed E-state index contributed by atoms with van der Waals surface area (Å²) in [6, 6.07) is 5.09. The van der Waals surface area contributed by atoms with E-state index in [4.69, 9.17) is 5.73 Å². The molecule has 0 aliphatic carbocycles. The van der Waals surface area contributed by atoms with E-state index in [2.05, 4.69) is 26.5 Å². The van der Waals surface area contributed by atoms with Gasteiger partial charge < -0.3 is 5.73 Å². The minimum Gasteiger partial charge on any atom is -0.350 e. The average Bonchev–Trinajstić information content (AvgIpc) is 2.08. The Morgan fingerprint density at radius 3 is 2.93 bits per heavy atom. The van der Waals surface area contributed by atoms with E-state index < -0.39 is 6.03 Å². The fourth-order valence-electron chi connectivity index (χ4n) is 0.949. The van der Waals surface area contributed by atoms with E-state index in [1.807, 2.05) is 25.1 Å². The van der Waals surface area contributed by atoms with Gasteiger partial charge in [0.15, 0.2) is 0 Å². The Balaban J connectivity index is 2.76. The first-order chi connectivity index (χ1) is 6.59. The van der Waals surface area contributed by atoms with Crippen LogP contribution in [0.15, 0.2) is 27.8 Å². The van der Waals surface area contributed by atoms with Gasteiger partial charge >= 0.3 is 6.03 Å². The van der Waals surface area contributed by atoms with Crippen LogP contribution in [-0.2, 0) is 0 Å². The van der Waals surface area contributed by atoms with Gasteiger partial charge in [-0.1, -0.05) is 22.0 Å². The smallest absolute Gasteiger partial charge is 0.332 e. The number of amides is 2. The maximum Gasteiger partial charge on any atom is 0.332 e. The molecule has 0 saturated heterocycles. The summed E-state index contributed by atoms with van der Waals surface area (Å²) < 4.78 is 1.01. The lowest BCUT2D eigenvalue weighted by molar-refractivity contribution is 0.249. The molecule has 1 rings (SSSR count). The molecule has 0 atom stereocenters. The number of hydrazone groups is 1. The van der Waals surface area contributed by atoms with Crippen molar-refractivity contribution in [2.45, 2.75) is 6.92 Å². The van der Waals surface area contributed by atoms with Crippen molar-refractivity contribution < 1.29 is 4.79 Å². The van der Waals surface area contributed by atoms with Crippen LogP contribution in [0.25, 0.3) is 0 Å². The Morgan fingerprint density at radius 2 is 2.36 bits per heavy atom. The van der Waals surface area contributed by atoms with Crippen LogP contribution in [0.4, 0.5) is 4.79 Å². The van der Waals surface area contributed by atoms with Crippen molar-refractivity contribution in [1.29, 1.82) is 0 Å². The highest BCUT2D eigenvalue weighted by molar-refractivity contribution is 9.10. The van der Waals surface area contributed by atoms with Crippen LogP contribution in [0, 0.1) is 6.92 Å². The molecule has 0 radical (unpaired) electrons. The molecule has 2 amide bonds. The minimum atomic E-state index is -0.670. The molecule has 14 heavy (non-hydrogen) atoms. The van der Waals surface area contributed by atoms with Gasteiger partial charge in [-0.3, -0.25) is 0 Å². The summed E-state index contributed by atoms with van der Waals surface area (Å²) in [4.78, 5) is 10.3. The van der Waals surface area contributed by atoms with Crippen LogP contribution < -0.4 is 11.2 Å². The molecular weight excluding hydrogens is 246 g/mol. The molecule has 0 unspecified atom stereocenters. The van der Waals surface area contributed by atoms with Crippen LogP contribution in [0.2, 0.25) is 0 Å². The fraction of sp³-hybridized carbons (Fsp3) is 0.111. The monoisotopic (exact) mass is 255 g/mol. The van der Waals surface area contributed by atoms with Crippen molar-refractivity contribution in [2.75, 3.05) is 0 Å². The van der Waals surface area contributed by atoms with Gasteiger partial charge in [0.1, 0.15) is 0 Å². The van der Waals surface area contributed by atoms with Crippen molar-refractivity contribution in [2.24, 2.45) is 10.8 Å². The fourth-order valence-corrected chi connectivity index (χ4v) is 1.42. The third-order valence-electron chi connectivity index (χ3n) is 1.61. The van der Waals surface area contributed by atoms with Gasteiger partial charge in [0.25, 0.3) is 0 Å². The first-order valence-electron chi connectivity index (χ1n) is 3.94. The molecule has 0 aromatic heterocycles. The number of hydrogen-bond donors (Lipinski definition) is 2. The predicted octanol–water partition coefficient (Wildman–Crippen LogP) is 1.76. The van der Waals surface area contributed by atoms with Gasteiger partial charge in [-0.2, -0.15) is 5.10 Å². The number of rotatable bonds is 2. The molecule has 0 aliphatic heterocycles. The Hall–Kier alpha value is -1.36. The Morgan fingerprint density at radius 1 is 1.64 bits per heavy atom. The number of aryl methyl sites for hydroxylation is 1. The topological polar surface area (TPSA) is 67.5 Å². The Kier molecular flexibility index (Phi) is 3.64. The molecular formula is C9H10BrN3O. The lowest BCUT2D eigenvalue weighted by atomic mass is 10.1. The van der Waals surface area contributed by atoms with Crippen molar-refractivity contribution in [3.05, 3.63) is 33.8 Å². The number of primary amides is 1. The number of carbonyl (C=O) groups is 1. The number of urea groups is 1. The van der Waals surface area contributed by atoms with E-state index in [0.717, 1.165) is 15.6 Å². The normalized spacial score (nSPS) is 10.4. The summed E-state index contributed by atoms with van der Waals surface area (Å²) in [6.45, 7) is 1.95. The first-order valence-corrected chi connectivity index (χ1v) is 4.73. The lowest BCUT2D eigenvalue weighted by Crippen LogP contribution is -2.24. The highest BCUT2D eigenvalue weighted by Gasteiger charge is 1.95. The molecule has 1 aromatic rings. The van der Waals surface area contributed by atoms with Crippen molar-refractivity contribution in [3.63, 3.8) is 0 Å². The van der Waals surface area contributed by atoms with E-state index in [9.17, 15) is 4.79 Å². The SMILES string of the molecule is Cc1cc(Br)ccc1C=NNC(N)=O. The number of nitrogens with zero attached hydrogens (tertiary/aromatic N) is 1. The third kappa shape index (κ3) is 3.18. The summed E-state index contributed by atoms with van der Waals surface area (Å²) in [7, 11) is 0. The number of nitrogens with two attached hydrogens (primary N) is 1. The van der Waals surface area contributed by atoms with E-state index in [1.165, 1.54) is 0 Å². The highest BCUT2D eigenvalue weighted by Crippen LogP contribution is 2.14. The third-order valence-corrected chi connectivity index (χ3v) is 2.10. The van der Waals surface area contributed by atoms with E-state index in [-0.39, 0.29) is 0 Å². The second-order valence-corrected chi connectivity index (χ2v) is 3.65. The molecule has 0 heterocycles. The molecule has 5 heteroatoms. The van der Waals surface area contributed by atoms with Crippen LogP contribution in [-0.4, -0.2) is 12.2 Å². The average molecular weight is 256 g/mol. The lowest BCUT2D eigenvalue weighted by Gasteiger charge is -1.99. The first kappa shape index (κ1) is 10.7. The number of hydrogen-bond acceptors (Lipinski definition) is 2. The van der Waals surface area contributed by atoms with Gasteiger partial charge in [-0.05, 0) is 30.2 Å². The molecule has 74 valence electrons. The van der Waals surface area contributed by atoms with E-state index >= 15 is 0 Å². The molecule has 0 saturated carbocycles. The molecule has 4 nitrogen and oxygen atoms in total. The number of carbonyl (C=O) groups excluding carboxylic acids is 1. The van der Waals surface area contributed by atoms with Crippen molar-refractivity contribution in [3.8, 4) is 0 Å². The van der Waals surface area contributed by atoms with Gasteiger partial charge in [-0.15, -0.1) is 0 Å². The van der Waals surface area contributed by atoms with Crippen molar-refractivity contribution >= 4 is 28.2 Å². The molecule has 0 fully saturated rings. The van der Waals surface area contributed by atoms with Gasteiger partial charge in [0.2, 0.25) is 0 Å². The summed E-state index contributed by atoms with van der Waals surface area (Å²) in [5, 5.41) is 3.67. The quantitative estimate of drug-likeness (QED) is 0.614. The van der Waals surface area contributed by atoms with E-state index in [0.29, 0.717) is 0 Å². The molecule has 0 bridgehead atoms. The summed E-state index contributed by atoms with van der Waals surface area (Å²) in [5.74, 6) is 0. The molecule has 1 aromatic carbocycles. The molecule has 0 spiro atoms. The number of nitrogens with one attached hydrogen (secondary N) is 1. The van der Waals surface area contributed by atoms with Crippen LogP contribution in [0.3, 0.4) is 0 Å². The van der Waals surface area contributed by atoms with Crippen LogP contribution in [0.5, 0.6) is 0 Å². The van der Waals surface area contributed by atoms with Crippen LogP contribution >= 0.6 is 15.9 Å². The zero-order valence-corrected chi connectivity index (χ0v) is 9.21. The highest BCUT2D eigenvalue weighted by atomic mass is 79.9. The minimum absolute atomic E-state index is 0.670. The molecule has 0 aliphatic rings. The largest absolute Gasteiger partial charge is 0.350 e. The van der Waals surface area contributed by atoms with Crippen molar-refractivity contribution in [1.82, 2.24) is 5.43 Å². The zero-order chi connectivity index (χ0) is 10.6. The maximum atomic E-state index is 10.3. The predicted molar refractivity (Wildman–Crippen MR) is 59.2 cm³/mol. The summed E-state index contributed by atoms with van der Waals surface area (Å²) in [5.41, 5.74) is 8.98. The standard InChI is InChI=1S/C9H10BrN3O/c1-6-4-8(10)3-2-7(6)5-12-13-9(11)14/h2-5H,1H3,(H3,11,13,14). The Bertz CT molecular complexity index is 376. The number of benzene rings is 1. The maximum absolute atomic E-state index is 10.3. The van der Waals surface area contributed by atoms with Gasteiger partial charge in [0.05, 0.1) is 6.21 Å². The van der Waals surface area contributed by atoms with Gasteiger partial charge in [0, 0.05) is 4.47 Å². The van der Waals surface area contributed by atoms with E-state index in [1.54, 1.807) is 6.21 Å².